The van der Waals surface area contributed by atoms with Crippen LogP contribution in [0.15, 0.2) is 53.5 Å². The molecule has 0 saturated heterocycles. The van der Waals surface area contributed by atoms with Crippen molar-refractivity contribution in [2.45, 2.75) is 19.9 Å². The van der Waals surface area contributed by atoms with Gasteiger partial charge in [0.25, 0.3) is 11.8 Å². The van der Waals surface area contributed by atoms with Crippen LogP contribution < -0.4 is 5.32 Å². The monoisotopic (exact) mass is 362 g/mol. The number of nitrogens with one attached hydrogen (secondary N) is 1. The summed E-state index contributed by atoms with van der Waals surface area (Å²) in [4.78, 5) is 34.6. The average molecular weight is 362 g/mol. The summed E-state index contributed by atoms with van der Waals surface area (Å²) in [5.74, 6) is -0.0826. The highest BCUT2D eigenvalue weighted by atomic mass is 16.3. The topological polar surface area (TPSA) is 88.3 Å². The number of carbonyl (C=O) groups is 2. The van der Waals surface area contributed by atoms with Gasteiger partial charge in [0.1, 0.15) is 0 Å². The second kappa shape index (κ2) is 7.03. The van der Waals surface area contributed by atoms with Crippen molar-refractivity contribution in [1.82, 2.24) is 14.9 Å². The van der Waals surface area contributed by atoms with Crippen molar-refractivity contribution < 1.29 is 14.0 Å². The van der Waals surface area contributed by atoms with Gasteiger partial charge in [-0.1, -0.05) is 6.07 Å². The molecule has 4 rings (SSSR count). The minimum atomic E-state index is -0.196. The van der Waals surface area contributed by atoms with Crippen LogP contribution >= 0.6 is 0 Å². The number of fused-ring (bicyclic) bond motifs is 1. The number of hydrogen-bond donors (Lipinski definition) is 1. The Morgan fingerprint density at radius 1 is 1.15 bits per heavy atom. The van der Waals surface area contributed by atoms with Crippen molar-refractivity contribution in [2.24, 2.45) is 0 Å². The summed E-state index contributed by atoms with van der Waals surface area (Å²) < 4.78 is 5.23. The molecule has 0 saturated carbocycles. The summed E-state index contributed by atoms with van der Waals surface area (Å²) in [6.45, 7) is 2.84. The summed E-state index contributed by atoms with van der Waals surface area (Å²) in [6.07, 6.45) is 5.20. The van der Waals surface area contributed by atoms with Crippen LogP contribution in [-0.2, 0) is 13.0 Å². The van der Waals surface area contributed by atoms with Crippen molar-refractivity contribution in [2.75, 3.05) is 11.9 Å². The van der Waals surface area contributed by atoms with Gasteiger partial charge < -0.3 is 14.6 Å². The maximum atomic E-state index is 12.7. The number of amides is 2. The number of benzene rings is 1. The summed E-state index contributed by atoms with van der Waals surface area (Å²) >= 11 is 0. The molecular weight excluding hydrogens is 344 g/mol. The lowest BCUT2D eigenvalue weighted by atomic mass is 9.98. The second-order valence-corrected chi connectivity index (χ2v) is 6.42. The Hall–Kier alpha value is -3.48. The fourth-order valence-corrected chi connectivity index (χ4v) is 3.17. The van der Waals surface area contributed by atoms with E-state index in [4.69, 9.17) is 4.42 Å². The third-order valence-corrected chi connectivity index (χ3v) is 4.65. The van der Waals surface area contributed by atoms with Crippen LogP contribution in [0.25, 0.3) is 0 Å². The third-order valence-electron chi connectivity index (χ3n) is 4.65. The number of aromatic nitrogens is 2. The van der Waals surface area contributed by atoms with Crippen LogP contribution in [0.1, 0.15) is 37.7 Å². The molecule has 0 fully saturated rings. The zero-order chi connectivity index (χ0) is 18.8. The van der Waals surface area contributed by atoms with Gasteiger partial charge >= 0.3 is 0 Å². The summed E-state index contributed by atoms with van der Waals surface area (Å²) in [5.41, 5.74) is 4.01. The number of rotatable bonds is 3. The third kappa shape index (κ3) is 3.44. The Morgan fingerprint density at radius 2 is 1.96 bits per heavy atom. The lowest BCUT2D eigenvalue weighted by molar-refractivity contribution is 0.0701. The first-order valence-corrected chi connectivity index (χ1v) is 8.64. The Morgan fingerprint density at radius 3 is 2.70 bits per heavy atom. The number of pyridine rings is 1. The maximum Gasteiger partial charge on any atom is 0.291 e. The highest BCUT2D eigenvalue weighted by Crippen LogP contribution is 2.24. The predicted octanol–water partition coefficient (Wildman–Crippen LogP) is 2.83. The van der Waals surface area contributed by atoms with E-state index < -0.39 is 0 Å². The van der Waals surface area contributed by atoms with Crippen molar-refractivity contribution in [3.63, 3.8) is 0 Å². The van der Waals surface area contributed by atoms with Crippen molar-refractivity contribution in [1.29, 1.82) is 0 Å². The molecule has 2 amide bonds. The molecule has 0 bridgehead atoms. The van der Waals surface area contributed by atoms with E-state index in [2.05, 4.69) is 15.3 Å². The quantitative estimate of drug-likeness (QED) is 0.774. The van der Waals surface area contributed by atoms with E-state index in [0.717, 1.165) is 12.0 Å². The molecule has 1 aliphatic heterocycles. The first-order chi connectivity index (χ1) is 13.1. The van der Waals surface area contributed by atoms with E-state index in [1.165, 1.54) is 12.0 Å². The van der Waals surface area contributed by atoms with Crippen LogP contribution in [0, 0.1) is 6.92 Å². The smallest absolute Gasteiger partial charge is 0.291 e. The van der Waals surface area contributed by atoms with Crippen LogP contribution in [0.4, 0.5) is 5.69 Å². The minimum Gasteiger partial charge on any atom is -0.438 e. The molecular formula is C20H18N4O3. The number of carbonyl (C=O) groups excluding carboxylic acids is 2. The minimum absolute atomic E-state index is 0.165. The largest absolute Gasteiger partial charge is 0.438 e. The first kappa shape index (κ1) is 17.0. The Balaban J connectivity index is 1.51. The zero-order valence-electron chi connectivity index (χ0n) is 14.8. The highest BCUT2D eigenvalue weighted by molar-refractivity contribution is 6.04. The predicted molar refractivity (Wildman–Crippen MR) is 98.3 cm³/mol. The normalized spacial score (nSPS) is 13.1. The second-order valence-electron chi connectivity index (χ2n) is 6.42. The number of oxazole rings is 1. The van der Waals surface area contributed by atoms with E-state index in [1.54, 1.807) is 36.4 Å². The van der Waals surface area contributed by atoms with Crippen LogP contribution in [0.5, 0.6) is 0 Å². The van der Waals surface area contributed by atoms with E-state index >= 15 is 0 Å². The Kier molecular flexibility index (Phi) is 4.42. The van der Waals surface area contributed by atoms with E-state index in [1.807, 2.05) is 18.2 Å². The van der Waals surface area contributed by atoms with Crippen LogP contribution in [-0.4, -0.2) is 33.2 Å². The molecule has 0 spiro atoms. The molecule has 1 aliphatic rings. The van der Waals surface area contributed by atoms with E-state index in [0.29, 0.717) is 30.0 Å². The summed E-state index contributed by atoms with van der Waals surface area (Å²) in [6, 6.07) is 9.12. The fraction of sp³-hybridized carbons (Fsp3) is 0.200. The summed E-state index contributed by atoms with van der Waals surface area (Å²) in [7, 11) is 0. The van der Waals surface area contributed by atoms with E-state index in [9.17, 15) is 9.59 Å². The molecule has 27 heavy (non-hydrogen) atoms. The molecule has 0 radical (unpaired) electrons. The molecule has 0 aliphatic carbocycles. The highest BCUT2D eigenvalue weighted by Gasteiger charge is 2.25. The van der Waals surface area contributed by atoms with Crippen molar-refractivity contribution in [3.8, 4) is 0 Å². The summed E-state index contributed by atoms with van der Waals surface area (Å²) in [5, 5.41) is 2.89. The lowest BCUT2D eigenvalue weighted by Gasteiger charge is -2.28. The van der Waals surface area contributed by atoms with Gasteiger partial charge in [-0.3, -0.25) is 14.6 Å². The van der Waals surface area contributed by atoms with Gasteiger partial charge in [-0.25, -0.2) is 4.98 Å². The molecule has 7 heteroatoms. The van der Waals surface area contributed by atoms with Gasteiger partial charge in [0, 0.05) is 36.7 Å². The SMILES string of the molecule is Cc1ncoc1C(=O)N1CCc2ccc(NC(=O)c3ccncc3)cc2C1. The lowest BCUT2D eigenvalue weighted by Crippen LogP contribution is -2.36. The van der Waals surface area contributed by atoms with Gasteiger partial charge in [-0.05, 0) is 48.7 Å². The van der Waals surface area contributed by atoms with Crippen LogP contribution in [0.2, 0.25) is 0 Å². The van der Waals surface area contributed by atoms with Gasteiger partial charge in [-0.2, -0.15) is 0 Å². The maximum absolute atomic E-state index is 12.7. The Bertz CT molecular complexity index is 997. The number of aryl methyl sites for hydroxylation is 1. The standard InChI is InChI=1S/C20H18N4O3/c1-13-18(27-12-22-13)20(26)24-9-6-14-2-3-17(10-16(14)11-24)23-19(25)15-4-7-21-8-5-15/h2-5,7-8,10,12H,6,9,11H2,1H3,(H,23,25). The van der Waals surface area contributed by atoms with Gasteiger partial charge in [0.2, 0.25) is 5.76 Å². The molecule has 3 aromatic rings. The molecule has 7 nitrogen and oxygen atoms in total. The fourth-order valence-electron chi connectivity index (χ4n) is 3.17. The molecule has 136 valence electrons. The number of nitrogens with zero attached hydrogens (tertiary/aromatic N) is 3. The van der Waals surface area contributed by atoms with Gasteiger partial charge in [0.15, 0.2) is 6.39 Å². The van der Waals surface area contributed by atoms with Gasteiger partial charge in [0.05, 0.1) is 5.69 Å². The first-order valence-electron chi connectivity index (χ1n) is 8.64. The molecule has 0 atom stereocenters. The number of anilines is 1. The average Bonchev–Trinajstić information content (AvgIpc) is 3.13. The molecule has 1 N–H and O–H groups in total. The van der Waals surface area contributed by atoms with Crippen molar-refractivity contribution in [3.05, 3.63) is 77.3 Å². The van der Waals surface area contributed by atoms with Crippen LogP contribution in [0.3, 0.4) is 0 Å². The molecule has 0 unspecified atom stereocenters. The van der Waals surface area contributed by atoms with Crippen molar-refractivity contribution >= 4 is 17.5 Å². The Labute approximate surface area is 156 Å². The molecule has 3 heterocycles. The molecule has 1 aromatic carbocycles. The zero-order valence-corrected chi connectivity index (χ0v) is 14.8. The van der Waals surface area contributed by atoms with Gasteiger partial charge in [-0.15, -0.1) is 0 Å². The number of hydrogen-bond acceptors (Lipinski definition) is 5. The molecule has 2 aromatic heterocycles. The van der Waals surface area contributed by atoms with E-state index in [-0.39, 0.29) is 17.6 Å².